The molecule has 4 nitrogen and oxygen atoms in total. The van der Waals surface area contributed by atoms with E-state index >= 15 is 0 Å². The summed E-state index contributed by atoms with van der Waals surface area (Å²) in [5.74, 6) is 0.927. The minimum atomic E-state index is 0.364. The molecule has 2 aromatic heterocycles. The van der Waals surface area contributed by atoms with E-state index in [4.69, 9.17) is 0 Å². The third kappa shape index (κ3) is 2.51. The van der Waals surface area contributed by atoms with Crippen LogP contribution in [0.2, 0.25) is 0 Å². The molecule has 0 amide bonds. The SMILES string of the molecule is CC.Cc1ncc(-c2ccnn2C(C)C)[nH]1. The van der Waals surface area contributed by atoms with E-state index in [2.05, 4.69) is 28.9 Å². The number of imidazole rings is 1. The normalized spacial score (nSPS) is 10.1. The third-order valence-electron chi connectivity index (χ3n) is 2.14. The summed E-state index contributed by atoms with van der Waals surface area (Å²) in [6.07, 6.45) is 3.65. The van der Waals surface area contributed by atoms with Gasteiger partial charge in [-0.2, -0.15) is 5.10 Å². The van der Waals surface area contributed by atoms with Crippen LogP contribution < -0.4 is 0 Å². The van der Waals surface area contributed by atoms with E-state index in [9.17, 15) is 0 Å². The molecule has 2 heterocycles. The molecule has 0 bridgehead atoms. The lowest BCUT2D eigenvalue weighted by Crippen LogP contribution is -2.04. The molecule has 0 unspecified atom stereocenters. The summed E-state index contributed by atoms with van der Waals surface area (Å²) in [6.45, 7) is 10.2. The molecule has 88 valence electrons. The van der Waals surface area contributed by atoms with Crippen LogP contribution in [0.3, 0.4) is 0 Å². The van der Waals surface area contributed by atoms with E-state index in [1.54, 1.807) is 0 Å². The van der Waals surface area contributed by atoms with Gasteiger partial charge in [-0.25, -0.2) is 4.98 Å². The Balaban J connectivity index is 0.000000606. The number of nitrogens with one attached hydrogen (secondary N) is 1. The summed E-state index contributed by atoms with van der Waals surface area (Å²) >= 11 is 0. The molecule has 0 atom stereocenters. The van der Waals surface area contributed by atoms with E-state index in [1.165, 1.54) is 0 Å². The largest absolute Gasteiger partial charge is 0.341 e. The molecular formula is C12H20N4. The Hall–Kier alpha value is -1.58. The number of aromatic amines is 1. The number of hydrogen-bond acceptors (Lipinski definition) is 2. The summed E-state index contributed by atoms with van der Waals surface area (Å²) in [6, 6.07) is 2.36. The molecule has 0 aliphatic rings. The number of H-pyrrole nitrogens is 1. The molecule has 2 rings (SSSR count). The first-order chi connectivity index (χ1) is 7.68. The van der Waals surface area contributed by atoms with Crippen LogP contribution in [-0.4, -0.2) is 19.7 Å². The van der Waals surface area contributed by atoms with Crippen LogP contribution in [0.15, 0.2) is 18.5 Å². The van der Waals surface area contributed by atoms with Gasteiger partial charge in [0.15, 0.2) is 0 Å². The van der Waals surface area contributed by atoms with E-state index in [0.29, 0.717) is 6.04 Å². The van der Waals surface area contributed by atoms with Gasteiger partial charge >= 0.3 is 0 Å². The number of rotatable bonds is 2. The molecule has 0 saturated heterocycles. The predicted molar refractivity (Wildman–Crippen MR) is 66.3 cm³/mol. The first-order valence-electron chi connectivity index (χ1n) is 5.74. The van der Waals surface area contributed by atoms with Gasteiger partial charge in [0.05, 0.1) is 17.6 Å². The van der Waals surface area contributed by atoms with Gasteiger partial charge < -0.3 is 4.98 Å². The summed E-state index contributed by atoms with van der Waals surface area (Å²) in [5, 5.41) is 4.27. The standard InChI is InChI=1S/C10H14N4.C2H6/c1-7(2)14-10(4-5-12-14)9-6-11-8(3)13-9;1-2/h4-7H,1-3H3,(H,11,13);1-2H3. The Kier molecular flexibility index (Phi) is 4.28. The fourth-order valence-corrected chi connectivity index (χ4v) is 1.49. The molecule has 2 aromatic rings. The van der Waals surface area contributed by atoms with Crippen molar-refractivity contribution in [2.24, 2.45) is 0 Å². The van der Waals surface area contributed by atoms with Crippen molar-refractivity contribution in [2.45, 2.75) is 40.7 Å². The Labute approximate surface area is 96.7 Å². The lowest BCUT2D eigenvalue weighted by atomic mass is 10.3. The fourth-order valence-electron chi connectivity index (χ4n) is 1.49. The molecule has 0 radical (unpaired) electrons. The van der Waals surface area contributed by atoms with Crippen LogP contribution in [0.5, 0.6) is 0 Å². The maximum absolute atomic E-state index is 4.27. The van der Waals surface area contributed by atoms with Crippen molar-refractivity contribution in [3.8, 4) is 11.4 Å². The summed E-state index contributed by atoms with van der Waals surface area (Å²) in [7, 11) is 0. The van der Waals surface area contributed by atoms with E-state index in [1.807, 2.05) is 43.9 Å². The van der Waals surface area contributed by atoms with Crippen LogP contribution >= 0.6 is 0 Å². The molecule has 0 spiro atoms. The molecular weight excluding hydrogens is 200 g/mol. The van der Waals surface area contributed by atoms with E-state index < -0.39 is 0 Å². The quantitative estimate of drug-likeness (QED) is 0.844. The fraction of sp³-hybridized carbons (Fsp3) is 0.500. The Morgan fingerprint density at radius 1 is 1.31 bits per heavy atom. The molecule has 0 aliphatic carbocycles. The van der Waals surface area contributed by atoms with Crippen LogP contribution in [0, 0.1) is 6.92 Å². The number of aryl methyl sites for hydroxylation is 1. The Morgan fingerprint density at radius 2 is 2.00 bits per heavy atom. The summed E-state index contributed by atoms with van der Waals surface area (Å²) in [5.41, 5.74) is 2.11. The second kappa shape index (κ2) is 5.49. The molecule has 1 N–H and O–H groups in total. The highest BCUT2D eigenvalue weighted by Crippen LogP contribution is 2.19. The highest BCUT2D eigenvalue weighted by atomic mass is 15.3. The van der Waals surface area contributed by atoms with Crippen molar-refractivity contribution in [1.29, 1.82) is 0 Å². The van der Waals surface area contributed by atoms with Crippen molar-refractivity contribution < 1.29 is 0 Å². The van der Waals surface area contributed by atoms with E-state index in [0.717, 1.165) is 17.2 Å². The third-order valence-corrected chi connectivity index (χ3v) is 2.14. The molecule has 0 aromatic carbocycles. The van der Waals surface area contributed by atoms with Crippen molar-refractivity contribution in [1.82, 2.24) is 19.7 Å². The number of aromatic nitrogens is 4. The van der Waals surface area contributed by atoms with Crippen molar-refractivity contribution in [3.05, 3.63) is 24.3 Å². The second-order valence-corrected chi connectivity index (χ2v) is 3.64. The van der Waals surface area contributed by atoms with Gasteiger partial charge in [0.25, 0.3) is 0 Å². The first-order valence-corrected chi connectivity index (χ1v) is 5.74. The van der Waals surface area contributed by atoms with Gasteiger partial charge in [0, 0.05) is 12.2 Å². The van der Waals surface area contributed by atoms with Crippen LogP contribution in [0.25, 0.3) is 11.4 Å². The molecule has 0 saturated carbocycles. The summed E-state index contributed by atoms with van der Waals surface area (Å²) in [4.78, 5) is 7.38. The minimum absolute atomic E-state index is 0.364. The molecule has 16 heavy (non-hydrogen) atoms. The molecule has 4 heteroatoms. The second-order valence-electron chi connectivity index (χ2n) is 3.64. The zero-order valence-electron chi connectivity index (χ0n) is 10.7. The number of nitrogens with zero attached hydrogens (tertiary/aromatic N) is 3. The lowest BCUT2D eigenvalue weighted by Gasteiger charge is -2.08. The average Bonchev–Trinajstić information content (AvgIpc) is 2.88. The van der Waals surface area contributed by atoms with Crippen LogP contribution in [0.1, 0.15) is 39.6 Å². The smallest absolute Gasteiger partial charge is 0.103 e. The van der Waals surface area contributed by atoms with Crippen molar-refractivity contribution in [2.75, 3.05) is 0 Å². The number of hydrogen-bond donors (Lipinski definition) is 1. The average molecular weight is 220 g/mol. The Bertz CT molecular complexity index is 426. The monoisotopic (exact) mass is 220 g/mol. The van der Waals surface area contributed by atoms with Gasteiger partial charge in [0.2, 0.25) is 0 Å². The molecule has 0 aliphatic heterocycles. The molecule has 0 fully saturated rings. The van der Waals surface area contributed by atoms with Gasteiger partial charge in [-0.3, -0.25) is 4.68 Å². The van der Waals surface area contributed by atoms with Crippen molar-refractivity contribution >= 4 is 0 Å². The summed E-state index contributed by atoms with van der Waals surface area (Å²) < 4.78 is 1.98. The maximum atomic E-state index is 4.27. The van der Waals surface area contributed by atoms with Crippen LogP contribution in [-0.2, 0) is 0 Å². The van der Waals surface area contributed by atoms with Gasteiger partial charge in [-0.15, -0.1) is 0 Å². The zero-order valence-corrected chi connectivity index (χ0v) is 10.7. The van der Waals surface area contributed by atoms with Gasteiger partial charge in [-0.1, -0.05) is 13.8 Å². The minimum Gasteiger partial charge on any atom is -0.341 e. The van der Waals surface area contributed by atoms with Gasteiger partial charge in [-0.05, 0) is 26.8 Å². The lowest BCUT2D eigenvalue weighted by molar-refractivity contribution is 0.538. The predicted octanol–water partition coefficient (Wildman–Crippen LogP) is 3.19. The first kappa shape index (κ1) is 12.5. The van der Waals surface area contributed by atoms with Crippen LogP contribution in [0.4, 0.5) is 0 Å². The highest BCUT2D eigenvalue weighted by Gasteiger charge is 2.09. The van der Waals surface area contributed by atoms with Gasteiger partial charge in [0.1, 0.15) is 5.82 Å². The topological polar surface area (TPSA) is 46.5 Å². The van der Waals surface area contributed by atoms with E-state index in [-0.39, 0.29) is 0 Å². The maximum Gasteiger partial charge on any atom is 0.103 e. The zero-order chi connectivity index (χ0) is 12.1. The Morgan fingerprint density at radius 3 is 2.50 bits per heavy atom. The van der Waals surface area contributed by atoms with Crippen molar-refractivity contribution in [3.63, 3.8) is 0 Å². The highest BCUT2D eigenvalue weighted by molar-refractivity contribution is 5.53.